The number of hydrogen-bond acceptors (Lipinski definition) is 6. The largest absolute Gasteiger partial charge is 0.506 e. The summed E-state index contributed by atoms with van der Waals surface area (Å²) in [6, 6.07) is -0.135. The number of nitro benzene ring substituents is 1. The van der Waals surface area contributed by atoms with Crippen molar-refractivity contribution in [1.82, 2.24) is 0 Å². The molecule has 152 valence electrons. The lowest BCUT2D eigenvalue weighted by Crippen LogP contribution is -2.15. The molecule has 1 aromatic carbocycles. The third-order valence-corrected chi connectivity index (χ3v) is 4.42. The van der Waals surface area contributed by atoms with E-state index in [0.29, 0.717) is 0 Å². The van der Waals surface area contributed by atoms with E-state index in [1.165, 1.54) is 6.92 Å². The molecule has 0 aliphatic heterocycles. The van der Waals surface area contributed by atoms with Gasteiger partial charge in [0, 0.05) is 17.8 Å². The van der Waals surface area contributed by atoms with Gasteiger partial charge in [0.2, 0.25) is 5.82 Å². The number of carbonyl (C=O) groups excluding carboxylic acids is 1. The van der Waals surface area contributed by atoms with E-state index in [-0.39, 0.29) is 12.6 Å². The molecule has 0 spiro atoms. The molecule has 1 N–H and O–H groups in total. The van der Waals surface area contributed by atoms with Crippen LogP contribution < -0.4 is 0 Å². The normalized spacial score (nSPS) is 15.8. The van der Waals surface area contributed by atoms with Gasteiger partial charge in [-0.1, -0.05) is 12.8 Å². The number of rotatable bonds is 6. The summed E-state index contributed by atoms with van der Waals surface area (Å²) in [6.07, 6.45) is 4.27. The van der Waals surface area contributed by atoms with E-state index < -0.39 is 56.5 Å². The van der Waals surface area contributed by atoms with Gasteiger partial charge in [0.05, 0.1) is 11.5 Å². The van der Waals surface area contributed by atoms with E-state index in [9.17, 15) is 33.2 Å². The first-order chi connectivity index (χ1) is 13.2. The van der Waals surface area contributed by atoms with Crippen LogP contribution in [0.1, 0.15) is 43.7 Å². The van der Waals surface area contributed by atoms with Crippen molar-refractivity contribution in [3.63, 3.8) is 0 Å². The average molecular weight is 400 g/mol. The summed E-state index contributed by atoms with van der Waals surface area (Å²) in [7, 11) is 0. The maximum Gasteiger partial charge on any atom is 0.343 e. The second kappa shape index (κ2) is 8.85. The van der Waals surface area contributed by atoms with Crippen LogP contribution in [-0.2, 0) is 9.53 Å². The Labute approximate surface area is 158 Å². The number of halogens is 3. The Morgan fingerprint density at radius 3 is 2.43 bits per heavy atom. The maximum absolute atomic E-state index is 14.6. The van der Waals surface area contributed by atoms with Crippen LogP contribution in [0.3, 0.4) is 0 Å². The highest BCUT2D eigenvalue weighted by Gasteiger charge is 2.35. The molecule has 0 atom stereocenters. The van der Waals surface area contributed by atoms with Gasteiger partial charge in [-0.3, -0.25) is 15.1 Å². The molecule has 2 rings (SSSR count). The van der Waals surface area contributed by atoms with E-state index in [2.05, 4.69) is 4.99 Å². The maximum atomic E-state index is 14.6. The number of carbonyl (C=O) groups is 1. The summed E-state index contributed by atoms with van der Waals surface area (Å²) in [5, 5.41) is 21.7. The summed E-state index contributed by atoms with van der Waals surface area (Å²) in [4.78, 5) is 26.2. The summed E-state index contributed by atoms with van der Waals surface area (Å²) in [6.45, 7) is 2.23. The molecule has 1 aliphatic carbocycles. The molecule has 0 radical (unpaired) electrons. The minimum atomic E-state index is -1.94. The number of hydrogen-bond donors (Lipinski definition) is 1. The monoisotopic (exact) mass is 400 g/mol. The minimum absolute atomic E-state index is 0.103. The molecule has 0 amide bonds. The molecule has 0 heterocycles. The Hall–Kier alpha value is -2.91. The smallest absolute Gasteiger partial charge is 0.343 e. The molecule has 0 bridgehead atoms. The molecule has 0 saturated heterocycles. The quantitative estimate of drug-likeness (QED) is 0.147. The Bertz CT molecular complexity index is 862. The average Bonchev–Trinajstić information content (AvgIpc) is 3.16. The zero-order valence-electron chi connectivity index (χ0n) is 15.3. The van der Waals surface area contributed by atoms with Crippen LogP contribution in [-0.4, -0.2) is 34.9 Å². The number of aliphatic imine (C=N–C) groups is 1. The zero-order chi connectivity index (χ0) is 21.0. The number of ether oxygens (including phenoxy) is 1. The van der Waals surface area contributed by atoms with Crippen LogP contribution in [0.2, 0.25) is 0 Å². The summed E-state index contributed by atoms with van der Waals surface area (Å²) >= 11 is 0. The van der Waals surface area contributed by atoms with Crippen molar-refractivity contribution in [1.29, 1.82) is 0 Å². The first-order valence-corrected chi connectivity index (χ1v) is 8.65. The van der Waals surface area contributed by atoms with Crippen LogP contribution in [0.15, 0.2) is 10.6 Å². The molecule has 10 heteroatoms. The van der Waals surface area contributed by atoms with Crippen molar-refractivity contribution in [2.75, 3.05) is 6.61 Å². The van der Waals surface area contributed by atoms with E-state index in [4.69, 9.17) is 4.74 Å². The third kappa shape index (κ3) is 4.15. The van der Waals surface area contributed by atoms with Crippen molar-refractivity contribution < 1.29 is 32.7 Å². The first kappa shape index (κ1) is 21.4. The van der Waals surface area contributed by atoms with Gasteiger partial charge in [-0.2, -0.15) is 4.39 Å². The van der Waals surface area contributed by atoms with Crippen molar-refractivity contribution >= 4 is 23.6 Å². The van der Waals surface area contributed by atoms with E-state index >= 15 is 0 Å². The van der Waals surface area contributed by atoms with Crippen molar-refractivity contribution in [2.45, 2.75) is 45.6 Å². The van der Waals surface area contributed by atoms with E-state index in [0.717, 1.165) is 38.8 Å². The summed E-state index contributed by atoms with van der Waals surface area (Å²) in [5.41, 5.74) is -4.40. The molecule has 0 unspecified atom stereocenters. The van der Waals surface area contributed by atoms with Crippen molar-refractivity contribution in [3.05, 3.63) is 44.3 Å². The first-order valence-electron chi connectivity index (χ1n) is 8.65. The standard InChI is InChI=1S/C18H19F3N2O5/c1-3-28-18(25)11(8-22-10-6-4-5-7-10)17(24)12-13(19)9(2)14(20)15(21)16(12)23(26)27/h8,10,24H,3-7H2,1-2H3. The van der Waals surface area contributed by atoms with E-state index in [1.807, 2.05) is 0 Å². The van der Waals surface area contributed by atoms with Gasteiger partial charge in [-0.15, -0.1) is 0 Å². The van der Waals surface area contributed by atoms with Crippen molar-refractivity contribution in [2.24, 2.45) is 4.99 Å². The Morgan fingerprint density at radius 1 is 1.29 bits per heavy atom. The van der Waals surface area contributed by atoms with Gasteiger partial charge in [-0.25, -0.2) is 13.6 Å². The minimum Gasteiger partial charge on any atom is -0.506 e. The van der Waals surface area contributed by atoms with Gasteiger partial charge in [0.15, 0.2) is 5.82 Å². The fraction of sp³-hybridized carbons (Fsp3) is 0.444. The summed E-state index contributed by atoms with van der Waals surface area (Å²) < 4.78 is 47.2. The van der Waals surface area contributed by atoms with Gasteiger partial charge < -0.3 is 9.84 Å². The van der Waals surface area contributed by atoms with Crippen molar-refractivity contribution in [3.8, 4) is 0 Å². The second-order valence-corrected chi connectivity index (χ2v) is 6.25. The molecule has 28 heavy (non-hydrogen) atoms. The predicted molar refractivity (Wildman–Crippen MR) is 94.6 cm³/mol. The van der Waals surface area contributed by atoms with Gasteiger partial charge in [-0.05, 0) is 26.7 Å². The molecular weight excluding hydrogens is 381 g/mol. The SMILES string of the molecule is CCOC(=O)C(C=NC1CCCC1)=C(O)c1c(F)c(C)c(F)c(F)c1[N+](=O)[O-]. The molecule has 1 saturated carbocycles. The summed E-state index contributed by atoms with van der Waals surface area (Å²) in [5.74, 6) is -7.62. The molecule has 1 aliphatic rings. The van der Waals surface area contributed by atoms with Crippen LogP contribution in [0.5, 0.6) is 0 Å². The van der Waals surface area contributed by atoms with Crippen LogP contribution in [0, 0.1) is 34.5 Å². The highest BCUT2D eigenvalue weighted by molar-refractivity contribution is 6.15. The Balaban J connectivity index is 2.73. The van der Waals surface area contributed by atoms with Gasteiger partial charge in [0.25, 0.3) is 0 Å². The van der Waals surface area contributed by atoms with Crippen LogP contribution in [0.25, 0.3) is 5.76 Å². The van der Waals surface area contributed by atoms with Gasteiger partial charge >= 0.3 is 11.7 Å². The topological polar surface area (TPSA) is 102 Å². The van der Waals surface area contributed by atoms with Crippen LogP contribution in [0.4, 0.5) is 18.9 Å². The molecule has 0 aromatic heterocycles. The van der Waals surface area contributed by atoms with Crippen LogP contribution >= 0.6 is 0 Å². The van der Waals surface area contributed by atoms with E-state index in [1.54, 1.807) is 0 Å². The molecular formula is C18H19F3N2O5. The number of aliphatic hydroxyl groups is 1. The lowest BCUT2D eigenvalue weighted by Gasteiger charge is -2.11. The highest BCUT2D eigenvalue weighted by Crippen LogP contribution is 2.35. The number of benzene rings is 1. The number of nitrogens with zero attached hydrogens (tertiary/aromatic N) is 2. The zero-order valence-corrected chi connectivity index (χ0v) is 15.3. The lowest BCUT2D eigenvalue weighted by molar-refractivity contribution is -0.388. The van der Waals surface area contributed by atoms with Gasteiger partial charge in [0.1, 0.15) is 22.7 Å². The number of nitro groups is 1. The highest BCUT2D eigenvalue weighted by atomic mass is 19.2. The molecule has 1 aromatic rings. The number of aliphatic hydroxyl groups excluding tert-OH is 1. The third-order valence-electron chi connectivity index (χ3n) is 4.42. The fourth-order valence-corrected chi connectivity index (χ4v) is 2.94. The number of esters is 1. The predicted octanol–water partition coefficient (Wildman–Crippen LogP) is 4.17. The molecule has 7 nitrogen and oxygen atoms in total. The Morgan fingerprint density at radius 2 is 1.89 bits per heavy atom. The lowest BCUT2D eigenvalue weighted by atomic mass is 10.0. The fourth-order valence-electron chi connectivity index (χ4n) is 2.94. The molecule has 1 fully saturated rings. The Kier molecular flexibility index (Phi) is 6.76. The second-order valence-electron chi connectivity index (χ2n) is 6.25.